The van der Waals surface area contributed by atoms with Crippen LogP contribution in [0.25, 0.3) is 0 Å². The molecule has 166 valence electrons. The standard InChI is InChI=1S/C25H33N3O2S/c1-26(2)31-21-12-14-23-20(17-21)11-13-24(30-23)25(29)27(3)22(18-28-15-7-8-16-28)19-9-5-4-6-10-19/h4-6,9-10,12,14,17,22,24H,7-8,11,13,15-16,18H2,1-3H3. The minimum atomic E-state index is -0.422. The summed E-state index contributed by atoms with van der Waals surface area (Å²) in [5, 5.41) is 0. The second-order valence-electron chi connectivity index (χ2n) is 8.70. The van der Waals surface area contributed by atoms with E-state index in [-0.39, 0.29) is 11.9 Å². The van der Waals surface area contributed by atoms with Gasteiger partial charge in [-0.25, -0.2) is 0 Å². The molecule has 2 aromatic rings. The third kappa shape index (κ3) is 5.43. The number of fused-ring (bicyclic) bond motifs is 1. The lowest BCUT2D eigenvalue weighted by molar-refractivity contribution is -0.140. The molecule has 2 aliphatic rings. The van der Waals surface area contributed by atoms with Gasteiger partial charge in [0, 0.05) is 18.5 Å². The van der Waals surface area contributed by atoms with Gasteiger partial charge in [0.15, 0.2) is 6.10 Å². The quantitative estimate of drug-likeness (QED) is 0.603. The van der Waals surface area contributed by atoms with Gasteiger partial charge in [-0.1, -0.05) is 30.3 Å². The zero-order chi connectivity index (χ0) is 21.8. The summed E-state index contributed by atoms with van der Waals surface area (Å²) in [5.74, 6) is 0.919. The highest BCUT2D eigenvalue weighted by molar-refractivity contribution is 7.97. The van der Waals surface area contributed by atoms with Crippen LogP contribution in [-0.2, 0) is 11.2 Å². The van der Waals surface area contributed by atoms with Crippen LogP contribution in [0.3, 0.4) is 0 Å². The van der Waals surface area contributed by atoms with Crippen molar-refractivity contribution in [2.45, 2.75) is 42.7 Å². The van der Waals surface area contributed by atoms with Crippen molar-refractivity contribution in [1.29, 1.82) is 0 Å². The Morgan fingerprint density at radius 2 is 1.87 bits per heavy atom. The number of ether oxygens (including phenoxy) is 1. The molecule has 0 aliphatic carbocycles. The topological polar surface area (TPSA) is 36.0 Å². The molecule has 4 rings (SSSR count). The summed E-state index contributed by atoms with van der Waals surface area (Å²) >= 11 is 1.70. The van der Waals surface area contributed by atoms with Gasteiger partial charge in [-0.3, -0.25) is 9.10 Å². The average Bonchev–Trinajstić information content (AvgIpc) is 3.29. The highest BCUT2D eigenvalue weighted by Gasteiger charge is 2.33. The van der Waals surface area contributed by atoms with Crippen LogP contribution >= 0.6 is 11.9 Å². The predicted molar refractivity (Wildman–Crippen MR) is 126 cm³/mol. The lowest BCUT2D eigenvalue weighted by Crippen LogP contribution is -2.45. The fourth-order valence-electron chi connectivity index (χ4n) is 4.52. The summed E-state index contributed by atoms with van der Waals surface area (Å²) in [6, 6.07) is 16.7. The maximum absolute atomic E-state index is 13.5. The Kier molecular flexibility index (Phi) is 7.20. The lowest BCUT2D eigenvalue weighted by atomic mass is 10.00. The van der Waals surface area contributed by atoms with Crippen LogP contribution < -0.4 is 4.74 Å². The number of likely N-dealkylation sites (tertiary alicyclic amines) is 1. The number of likely N-dealkylation sites (N-methyl/N-ethyl adjacent to an activating group) is 1. The second-order valence-corrected chi connectivity index (χ2v) is 10.1. The smallest absolute Gasteiger partial charge is 0.263 e. The predicted octanol–water partition coefficient (Wildman–Crippen LogP) is 4.24. The van der Waals surface area contributed by atoms with Gasteiger partial charge in [0.2, 0.25) is 0 Å². The zero-order valence-corrected chi connectivity index (χ0v) is 19.6. The van der Waals surface area contributed by atoms with Crippen molar-refractivity contribution in [2.75, 3.05) is 40.8 Å². The number of carbonyl (C=O) groups is 1. The Labute approximate surface area is 190 Å². The number of carbonyl (C=O) groups excluding carboxylic acids is 1. The molecule has 1 saturated heterocycles. The van der Waals surface area contributed by atoms with Crippen LogP contribution in [0.2, 0.25) is 0 Å². The Morgan fingerprint density at radius 1 is 1.13 bits per heavy atom. The van der Waals surface area contributed by atoms with Gasteiger partial charge < -0.3 is 14.5 Å². The molecule has 5 nitrogen and oxygen atoms in total. The van der Waals surface area contributed by atoms with Crippen LogP contribution in [0.4, 0.5) is 0 Å². The normalized spacial score (nSPS) is 19.7. The van der Waals surface area contributed by atoms with Crippen LogP contribution in [0.5, 0.6) is 5.75 Å². The summed E-state index contributed by atoms with van der Waals surface area (Å²) in [4.78, 5) is 19.1. The van der Waals surface area contributed by atoms with E-state index in [1.807, 2.05) is 38.2 Å². The van der Waals surface area contributed by atoms with Crippen LogP contribution in [0.1, 0.15) is 36.4 Å². The summed E-state index contributed by atoms with van der Waals surface area (Å²) < 4.78 is 8.28. The largest absolute Gasteiger partial charge is 0.480 e. The van der Waals surface area contributed by atoms with Crippen LogP contribution in [0, 0.1) is 0 Å². The molecule has 1 amide bonds. The Morgan fingerprint density at radius 3 is 2.58 bits per heavy atom. The minimum Gasteiger partial charge on any atom is -0.480 e. The molecule has 0 spiro atoms. The fourth-order valence-corrected chi connectivity index (χ4v) is 5.27. The lowest BCUT2D eigenvalue weighted by Gasteiger charge is -2.35. The number of aryl methyl sites for hydroxylation is 1. The van der Waals surface area contributed by atoms with E-state index < -0.39 is 6.10 Å². The highest BCUT2D eigenvalue weighted by Crippen LogP contribution is 2.33. The third-order valence-corrected chi connectivity index (χ3v) is 7.00. The Balaban J connectivity index is 1.48. The zero-order valence-electron chi connectivity index (χ0n) is 18.8. The van der Waals surface area contributed by atoms with Crippen molar-refractivity contribution in [1.82, 2.24) is 14.1 Å². The van der Waals surface area contributed by atoms with E-state index in [1.54, 1.807) is 11.9 Å². The van der Waals surface area contributed by atoms with E-state index in [1.165, 1.54) is 28.9 Å². The first-order valence-corrected chi connectivity index (χ1v) is 12.0. The summed E-state index contributed by atoms with van der Waals surface area (Å²) in [6.45, 7) is 3.11. The van der Waals surface area contributed by atoms with Gasteiger partial charge in [-0.2, -0.15) is 0 Å². The molecule has 0 aromatic heterocycles. The van der Waals surface area contributed by atoms with Gasteiger partial charge >= 0.3 is 0 Å². The molecule has 31 heavy (non-hydrogen) atoms. The third-order valence-electron chi connectivity index (χ3n) is 6.17. The monoisotopic (exact) mass is 439 g/mol. The van der Waals surface area contributed by atoms with Crippen molar-refractivity contribution in [3.05, 3.63) is 59.7 Å². The number of rotatable bonds is 7. The van der Waals surface area contributed by atoms with Gasteiger partial charge in [0.25, 0.3) is 5.91 Å². The highest BCUT2D eigenvalue weighted by atomic mass is 32.2. The van der Waals surface area contributed by atoms with Gasteiger partial charge in [0.05, 0.1) is 6.04 Å². The van der Waals surface area contributed by atoms with Gasteiger partial charge in [-0.15, -0.1) is 0 Å². The molecular weight excluding hydrogens is 406 g/mol. The van der Waals surface area contributed by atoms with E-state index >= 15 is 0 Å². The number of hydrogen-bond donors (Lipinski definition) is 0. The molecular formula is C25H33N3O2S. The minimum absolute atomic E-state index is 0.0377. The Bertz CT molecular complexity index is 884. The number of amides is 1. The van der Waals surface area contributed by atoms with E-state index in [9.17, 15) is 4.79 Å². The molecule has 0 bridgehead atoms. The van der Waals surface area contributed by atoms with Crippen molar-refractivity contribution < 1.29 is 9.53 Å². The van der Waals surface area contributed by atoms with Gasteiger partial charge in [-0.05, 0) is 94.1 Å². The van der Waals surface area contributed by atoms with Crippen molar-refractivity contribution in [2.24, 2.45) is 0 Å². The van der Waals surface area contributed by atoms with E-state index in [4.69, 9.17) is 4.74 Å². The molecule has 2 heterocycles. The molecule has 0 N–H and O–H groups in total. The molecule has 2 unspecified atom stereocenters. The van der Waals surface area contributed by atoms with E-state index in [0.29, 0.717) is 0 Å². The molecule has 0 radical (unpaired) electrons. The molecule has 0 saturated carbocycles. The van der Waals surface area contributed by atoms with Gasteiger partial charge in [0.1, 0.15) is 5.75 Å². The molecule has 2 aliphatic heterocycles. The maximum atomic E-state index is 13.5. The summed E-state index contributed by atoms with van der Waals surface area (Å²) in [6.07, 6.45) is 3.65. The molecule has 2 aromatic carbocycles. The molecule has 1 fully saturated rings. The first-order valence-electron chi connectivity index (χ1n) is 11.2. The summed E-state index contributed by atoms with van der Waals surface area (Å²) in [7, 11) is 6.01. The average molecular weight is 440 g/mol. The first-order chi connectivity index (χ1) is 15.0. The number of nitrogens with zero attached hydrogens (tertiary/aromatic N) is 3. The molecule has 6 heteroatoms. The van der Waals surface area contributed by atoms with Crippen LogP contribution in [0.15, 0.2) is 53.4 Å². The van der Waals surface area contributed by atoms with E-state index in [2.05, 4.69) is 45.6 Å². The van der Waals surface area contributed by atoms with Crippen molar-refractivity contribution in [3.63, 3.8) is 0 Å². The fraction of sp³-hybridized carbons (Fsp3) is 0.480. The van der Waals surface area contributed by atoms with Crippen molar-refractivity contribution >= 4 is 17.9 Å². The number of hydrogen-bond acceptors (Lipinski definition) is 5. The van der Waals surface area contributed by atoms with E-state index in [0.717, 1.165) is 38.2 Å². The molecule has 2 atom stereocenters. The first kappa shape index (κ1) is 22.2. The summed E-state index contributed by atoms with van der Waals surface area (Å²) in [5.41, 5.74) is 2.38. The SMILES string of the molecule is CN(C)Sc1ccc2c(c1)CCC(C(=O)N(C)C(CN1CCCC1)c1ccccc1)O2. The number of benzene rings is 2. The second kappa shape index (κ2) is 10.1. The van der Waals surface area contributed by atoms with Crippen LogP contribution in [-0.4, -0.2) is 66.9 Å². The Hall–Kier alpha value is -2.02. The maximum Gasteiger partial charge on any atom is 0.263 e. The van der Waals surface area contributed by atoms with Crippen molar-refractivity contribution in [3.8, 4) is 5.75 Å².